The molecule has 3 rings (SSSR count). The molecule has 0 atom stereocenters. The van der Waals surface area contributed by atoms with E-state index in [1.54, 1.807) is 12.1 Å². The first-order valence-corrected chi connectivity index (χ1v) is 8.14. The molecule has 0 bridgehead atoms. The minimum Gasteiger partial charge on any atom is -0.370 e. The van der Waals surface area contributed by atoms with Crippen LogP contribution in [-0.2, 0) is 16.0 Å². The Morgan fingerprint density at radius 3 is 2.31 bits per heavy atom. The van der Waals surface area contributed by atoms with E-state index in [0.29, 0.717) is 5.56 Å². The monoisotopic (exact) mass is 343 g/mol. The number of carbonyl (C=O) groups excluding carboxylic acids is 2. The summed E-state index contributed by atoms with van der Waals surface area (Å²) in [6, 6.07) is 16.5. The topological polar surface area (TPSA) is 66.4 Å². The van der Waals surface area contributed by atoms with Gasteiger partial charge < -0.3 is 10.4 Å². The van der Waals surface area contributed by atoms with Crippen LogP contribution in [0.4, 0.5) is 5.69 Å². The number of aliphatic hydroxyl groups is 1. The Hall–Kier alpha value is -3.42. The number of allylic oxidation sites excluding steroid dienone is 2. The van der Waals surface area contributed by atoms with Gasteiger partial charge in [-0.05, 0) is 54.1 Å². The molecule has 0 fully saturated rings. The summed E-state index contributed by atoms with van der Waals surface area (Å²) in [5.41, 5.74) is 0.915. The zero-order chi connectivity index (χ0) is 18.4. The highest BCUT2D eigenvalue weighted by Crippen LogP contribution is 2.13. The predicted octanol–water partition coefficient (Wildman–Crippen LogP) is 2.65. The maximum absolute atomic E-state index is 12.1. The van der Waals surface area contributed by atoms with Crippen LogP contribution in [0.1, 0.15) is 11.1 Å². The van der Waals surface area contributed by atoms with Crippen LogP contribution in [0.25, 0.3) is 0 Å². The summed E-state index contributed by atoms with van der Waals surface area (Å²) < 4.78 is 0. The highest BCUT2D eigenvalue weighted by atomic mass is 16.3. The van der Waals surface area contributed by atoms with Gasteiger partial charge in [-0.3, -0.25) is 9.59 Å². The van der Waals surface area contributed by atoms with Gasteiger partial charge in [0.15, 0.2) is 11.4 Å². The molecule has 26 heavy (non-hydrogen) atoms. The Labute approximate surface area is 151 Å². The molecule has 2 N–H and O–H groups in total. The molecule has 2 aromatic rings. The molecule has 0 heterocycles. The molecule has 4 heteroatoms. The van der Waals surface area contributed by atoms with Crippen molar-refractivity contribution < 1.29 is 14.7 Å². The summed E-state index contributed by atoms with van der Waals surface area (Å²) >= 11 is 0. The largest absolute Gasteiger partial charge is 0.370 e. The molecule has 1 aliphatic carbocycles. The van der Waals surface area contributed by atoms with Gasteiger partial charge in [0.25, 0.3) is 0 Å². The van der Waals surface area contributed by atoms with Gasteiger partial charge in [-0.1, -0.05) is 42.2 Å². The van der Waals surface area contributed by atoms with Crippen molar-refractivity contribution in [2.45, 2.75) is 12.0 Å². The highest BCUT2D eigenvalue weighted by Gasteiger charge is 2.19. The van der Waals surface area contributed by atoms with Gasteiger partial charge in [-0.25, -0.2) is 0 Å². The molecule has 0 saturated heterocycles. The van der Waals surface area contributed by atoms with Crippen molar-refractivity contribution in [2.24, 2.45) is 0 Å². The number of carbonyl (C=O) groups is 2. The smallest absolute Gasteiger partial charge is 0.228 e. The average molecular weight is 343 g/mol. The van der Waals surface area contributed by atoms with E-state index in [0.717, 1.165) is 11.3 Å². The van der Waals surface area contributed by atoms with Crippen molar-refractivity contribution in [1.82, 2.24) is 0 Å². The molecule has 0 spiro atoms. The molecule has 0 aliphatic heterocycles. The van der Waals surface area contributed by atoms with Gasteiger partial charge in [-0.2, -0.15) is 0 Å². The van der Waals surface area contributed by atoms with E-state index in [9.17, 15) is 14.7 Å². The van der Waals surface area contributed by atoms with Crippen LogP contribution in [0.15, 0.2) is 78.9 Å². The van der Waals surface area contributed by atoms with Crippen molar-refractivity contribution >= 4 is 17.4 Å². The van der Waals surface area contributed by atoms with Crippen LogP contribution in [0.5, 0.6) is 0 Å². The maximum atomic E-state index is 12.1. The number of amides is 1. The normalized spacial score (nSPS) is 14.4. The van der Waals surface area contributed by atoms with E-state index < -0.39 is 5.60 Å². The van der Waals surface area contributed by atoms with Crippen molar-refractivity contribution in [3.05, 3.63) is 90.0 Å². The first-order valence-electron chi connectivity index (χ1n) is 8.14. The summed E-state index contributed by atoms with van der Waals surface area (Å²) in [6.07, 6.45) is 5.58. The van der Waals surface area contributed by atoms with Gasteiger partial charge in [0.05, 0.1) is 6.42 Å². The number of hydrogen-bond acceptors (Lipinski definition) is 3. The van der Waals surface area contributed by atoms with E-state index in [4.69, 9.17) is 0 Å². The second-order valence-corrected chi connectivity index (χ2v) is 5.93. The molecular weight excluding hydrogens is 326 g/mol. The third-order valence-electron chi connectivity index (χ3n) is 3.79. The number of ketones is 1. The van der Waals surface area contributed by atoms with Crippen LogP contribution >= 0.6 is 0 Å². The second-order valence-electron chi connectivity index (χ2n) is 5.93. The lowest BCUT2D eigenvalue weighted by atomic mass is 9.98. The number of rotatable bonds is 3. The van der Waals surface area contributed by atoms with Gasteiger partial charge in [0.2, 0.25) is 5.91 Å². The fourth-order valence-corrected chi connectivity index (χ4v) is 2.40. The Morgan fingerprint density at radius 1 is 1.00 bits per heavy atom. The molecule has 0 radical (unpaired) electrons. The SMILES string of the molecule is O=C1C=CC(O)(C#Cc2ccc(CC(=O)Nc3ccccc3)cc2)C=C1. The zero-order valence-electron chi connectivity index (χ0n) is 14.0. The van der Waals surface area contributed by atoms with Crippen molar-refractivity contribution in [3.63, 3.8) is 0 Å². The molecule has 1 amide bonds. The van der Waals surface area contributed by atoms with Gasteiger partial charge in [0.1, 0.15) is 0 Å². The van der Waals surface area contributed by atoms with Gasteiger partial charge in [0, 0.05) is 11.3 Å². The van der Waals surface area contributed by atoms with Crippen LogP contribution < -0.4 is 5.32 Å². The van der Waals surface area contributed by atoms with Crippen LogP contribution in [0.3, 0.4) is 0 Å². The van der Waals surface area contributed by atoms with E-state index >= 15 is 0 Å². The molecule has 1 aliphatic rings. The Balaban J connectivity index is 1.62. The molecule has 4 nitrogen and oxygen atoms in total. The summed E-state index contributed by atoms with van der Waals surface area (Å²) in [7, 11) is 0. The summed E-state index contributed by atoms with van der Waals surface area (Å²) in [4.78, 5) is 23.2. The second kappa shape index (κ2) is 7.64. The predicted molar refractivity (Wildman–Crippen MR) is 100 cm³/mol. The average Bonchev–Trinajstić information content (AvgIpc) is 2.65. The van der Waals surface area contributed by atoms with Gasteiger partial charge >= 0.3 is 0 Å². The van der Waals surface area contributed by atoms with Crippen molar-refractivity contribution in [2.75, 3.05) is 5.32 Å². The Morgan fingerprint density at radius 2 is 1.65 bits per heavy atom. The van der Waals surface area contributed by atoms with Crippen LogP contribution in [-0.4, -0.2) is 22.4 Å². The molecule has 0 saturated carbocycles. The molecule has 0 unspecified atom stereocenters. The van der Waals surface area contributed by atoms with Gasteiger partial charge in [-0.15, -0.1) is 0 Å². The number of nitrogens with one attached hydrogen (secondary N) is 1. The van der Waals surface area contributed by atoms with Crippen molar-refractivity contribution in [1.29, 1.82) is 0 Å². The van der Waals surface area contributed by atoms with Crippen molar-refractivity contribution in [3.8, 4) is 11.8 Å². The number of hydrogen-bond donors (Lipinski definition) is 2. The Kier molecular flexibility index (Phi) is 5.12. The lowest BCUT2D eigenvalue weighted by Gasteiger charge is -2.14. The lowest BCUT2D eigenvalue weighted by Crippen LogP contribution is -2.23. The summed E-state index contributed by atoms with van der Waals surface area (Å²) in [5, 5.41) is 13.1. The third kappa shape index (κ3) is 4.79. The zero-order valence-corrected chi connectivity index (χ0v) is 14.0. The fourth-order valence-electron chi connectivity index (χ4n) is 2.40. The van der Waals surface area contributed by atoms with E-state index in [1.807, 2.05) is 42.5 Å². The number of benzene rings is 2. The standard InChI is InChI=1S/C22H17NO3/c24-20-11-14-22(26,15-12-20)13-10-17-6-8-18(9-7-17)16-21(25)23-19-4-2-1-3-5-19/h1-9,11-12,14-15,26H,16H2,(H,23,25). The lowest BCUT2D eigenvalue weighted by molar-refractivity contribution is -0.115. The van der Waals surface area contributed by atoms with E-state index in [-0.39, 0.29) is 18.1 Å². The van der Waals surface area contributed by atoms with E-state index in [1.165, 1.54) is 24.3 Å². The quantitative estimate of drug-likeness (QED) is 0.842. The summed E-state index contributed by atoms with van der Waals surface area (Å²) in [5.74, 6) is 5.34. The fraction of sp³-hybridized carbons (Fsp3) is 0.0909. The maximum Gasteiger partial charge on any atom is 0.228 e. The minimum atomic E-state index is -1.43. The first-order chi connectivity index (χ1) is 12.5. The van der Waals surface area contributed by atoms with Crippen LogP contribution in [0.2, 0.25) is 0 Å². The molecular formula is C22H17NO3. The highest BCUT2D eigenvalue weighted by molar-refractivity contribution is 6.00. The Bertz CT molecular complexity index is 913. The molecule has 2 aromatic carbocycles. The van der Waals surface area contributed by atoms with Crippen LogP contribution in [0, 0.1) is 11.8 Å². The van der Waals surface area contributed by atoms with E-state index in [2.05, 4.69) is 17.2 Å². The molecule has 128 valence electrons. The molecule has 0 aromatic heterocycles. The number of anilines is 1. The third-order valence-corrected chi connectivity index (χ3v) is 3.79. The minimum absolute atomic E-state index is 0.0912. The number of para-hydroxylation sites is 1. The first kappa shape index (κ1) is 17.4. The summed E-state index contributed by atoms with van der Waals surface area (Å²) in [6.45, 7) is 0.